The number of alkyl halides is 14. The summed E-state index contributed by atoms with van der Waals surface area (Å²) < 4.78 is 213. The molecule has 0 N–H and O–H groups in total. The van der Waals surface area contributed by atoms with Gasteiger partial charge in [-0.25, -0.2) is 17.2 Å². The van der Waals surface area contributed by atoms with Crippen molar-refractivity contribution in [3.05, 3.63) is 0 Å². The highest BCUT2D eigenvalue weighted by molar-refractivity contribution is 7.86. The zero-order valence-corrected chi connectivity index (χ0v) is 13.8. The van der Waals surface area contributed by atoms with E-state index < -0.39 is 65.0 Å². The molecule has 0 aliphatic heterocycles. The van der Waals surface area contributed by atoms with E-state index in [-0.39, 0.29) is 0 Å². The number of ether oxygens (including phenoxy) is 2. The number of rotatable bonds is 9. The molecule has 0 fully saturated rings. The van der Waals surface area contributed by atoms with Crippen LogP contribution < -0.4 is 0 Å². The first-order valence-corrected chi connectivity index (χ1v) is 7.51. The molecule has 0 aromatic carbocycles. The van der Waals surface area contributed by atoms with Crippen LogP contribution in [0.5, 0.6) is 0 Å². The van der Waals surface area contributed by atoms with Crippen molar-refractivity contribution in [2.24, 2.45) is 0 Å². The normalized spacial score (nSPS) is 17.9. The number of hydrogen-bond acceptors (Lipinski definition) is 5. The maximum absolute atomic E-state index is 13.6. The third-order valence-electron chi connectivity index (χ3n) is 2.74. The zero-order chi connectivity index (χ0) is 24.1. The van der Waals surface area contributed by atoms with E-state index in [2.05, 4.69) is 4.74 Å². The smallest absolute Gasteiger partial charge is 0.458 e. The molecule has 0 aromatic heterocycles. The van der Waals surface area contributed by atoms with Gasteiger partial charge in [0.25, 0.3) is 0 Å². The Morgan fingerprint density at radius 1 is 0.759 bits per heavy atom. The van der Waals surface area contributed by atoms with Gasteiger partial charge in [0.05, 0.1) is 0 Å². The molecule has 0 aromatic rings. The third-order valence-corrected chi connectivity index (χ3v) is 3.60. The molecule has 29 heavy (non-hydrogen) atoms. The molecule has 0 bridgehead atoms. The average Bonchev–Trinajstić information content (AvgIpc) is 2.40. The Balaban J connectivity index is 6.21. The Labute approximate surface area is 150 Å². The molecule has 1 unspecified atom stereocenters. The van der Waals surface area contributed by atoms with Crippen LogP contribution in [0, 0.1) is 0 Å². The summed E-state index contributed by atoms with van der Waals surface area (Å²) in [5.74, 6) is -18.6. The molecule has 0 heterocycles. The summed E-state index contributed by atoms with van der Waals surface area (Å²) in [6, 6.07) is 0. The van der Waals surface area contributed by atoms with Gasteiger partial charge in [0, 0.05) is 6.92 Å². The summed E-state index contributed by atoms with van der Waals surface area (Å²) in [6.45, 7) is -4.16. The largest absolute Gasteiger partial charge is 0.743 e. The molecule has 0 amide bonds. The molecule has 0 saturated heterocycles. The van der Waals surface area contributed by atoms with Crippen LogP contribution in [-0.2, 0) is 19.6 Å². The summed E-state index contributed by atoms with van der Waals surface area (Å²) in [4.78, 5) is 0. The van der Waals surface area contributed by atoms with Crippen LogP contribution in [0.25, 0.3) is 0 Å². The molecular weight excluding hydrogens is 486 g/mol. The van der Waals surface area contributed by atoms with Gasteiger partial charge in [0.15, 0.2) is 10.1 Å². The molecule has 0 aliphatic rings. The van der Waals surface area contributed by atoms with Gasteiger partial charge < -0.3 is 9.29 Å². The SMILES string of the molecule is CC(F)(F)C(F)(F)COC(F)(F)C(F)(OC(F)(F)C(F)(F)S(=O)(=O)[O-])C(F)(F)F. The van der Waals surface area contributed by atoms with E-state index in [1.54, 1.807) is 0 Å². The lowest BCUT2D eigenvalue weighted by atomic mass is 10.2. The van der Waals surface area contributed by atoms with Crippen molar-refractivity contribution in [2.75, 3.05) is 6.61 Å². The predicted molar refractivity (Wildman–Crippen MR) is 57.0 cm³/mol. The second-order valence-electron chi connectivity index (χ2n) is 5.08. The third kappa shape index (κ3) is 5.13. The highest BCUT2D eigenvalue weighted by Gasteiger charge is 2.81. The first-order valence-electron chi connectivity index (χ1n) is 6.10. The fourth-order valence-corrected chi connectivity index (χ4v) is 1.40. The van der Waals surface area contributed by atoms with Gasteiger partial charge in [0.1, 0.15) is 6.61 Å². The second kappa shape index (κ2) is 7.22. The maximum atomic E-state index is 13.6. The summed E-state index contributed by atoms with van der Waals surface area (Å²) in [7, 11) is -7.68. The molecular formula is C9H5F14O5S-. The summed E-state index contributed by atoms with van der Waals surface area (Å²) in [6.07, 6.45) is -22.2. The maximum Gasteiger partial charge on any atom is 0.458 e. The van der Waals surface area contributed by atoms with Crippen LogP contribution >= 0.6 is 0 Å². The van der Waals surface area contributed by atoms with E-state index >= 15 is 0 Å². The van der Waals surface area contributed by atoms with Crippen molar-refractivity contribution in [3.8, 4) is 0 Å². The van der Waals surface area contributed by atoms with E-state index in [0.717, 1.165) is 0 Å². The van der Waals surface area contributed by atoms with Gasteiger partial charge in [-0.15, -0.1) is 0 Å². The van der Waals surface area contributed by atoms with Gasteiger partial charge in [-0.3, -0.25) is 4.74 Å². The molecule has 0 radical (unpaired) electrons. The molecule has 5 nitrogen and oxygen atoms in total. The molecule has 0 aliphatic carbocycles. The van der Waals surface area contributed by atoms with Crippen molar-refractivity contribution in [2.45, 2.75) is 48.3 Å². The Bertz CT molecular complexity index is 695. The quantitative estimate of drug-likeness (QED) is 0.362. The zero-order valence-electron chi connectivity index (χ0n) is 12.9. The standard InChI is InChI=1S/C9H6F14O5S/c1-3(10,11)4(12,13)2-27-7(18,19)5(14,6(15,16)17)28-8(20,21)9(22,23)29(24,25)26/h2H2,1H3,(H,24,25,26)/p-1. The van der Waals surface area contributed by atoms with Gasteiger partial charge in [-0.05, 0) is 0 Å². The van der Waals surface area contributed by atoms with E-state index in [0.29, 0.717) is 0 Å². The molecule has 0 spiro atoms. The highest BCUT2D eigenvalue weighted by atomic mass is 32.2. The summed E-state index contributed by atoms with van der Waals surface area (Å²) in [5, 5.41) is -7.29. The van der Waals surface area contributed by atoms with Gasteiger partial charge >= 0.3 is 41.3 Å². The molecule has 0 saturated carbocycles. The first kappa shape index (κ1) is 27.8. The monoisotopic (exact) mass is 491 g/mol. The van der Waals surface area contributed by atoms with Crippen LogP contribution in [0.15, 0.2) is 0 Å². The number of halogens is 14. The molecule has 176 valence electrons. The van der Waals surface area contributed by atoms with Crippen molar-refractivity contribution in [1.29, 1.82) is 0 Å². The van der Waals surface area contributed by atoms with Crippen LogP contribution in [0.2, 0.25) is 0 Å². The summed E-state index contributed by atoms with van der Waals surface area (Å²) in [5.41, 5.74) is 0. The highest BCUT2D eigenvalue weighted by Crippen LogP contribution is 2.53. The molecule has 20 heteroatoms. The van der Waals surface area contributed by atoms with E-state index in [9.17, 15) is 74.4 Å². The van der Waals surface area contributed by atoms with Gasteiger partial charge in [-0.1, -0.05) is 0 Å². The Kier molecular flexibility index (Phi) is 6.93. The van der Waals surface area contributed by atoms with E-state index in [1.807, 2.05) is 0 Å². The lowest BCUT2D eigenvalue weighted by Gasteiger charge is -2.38. The van der Waals surface area contributed by atoms with Gasteiger partial charge in [0.2, 0.25) is 0 Å². The first-order chi connectivity index (χ1) is 12.2. The summed E-state index contributed by atoms with van der Waals surface area (Å²) >= 11 is 0. The Morgan fingerprint density at radius 2 is 1.14 bits per heavy atom. The van der Waals surface area contributed by atoms with Crippen molar-refractivity contribution < 1.29 is 83.9 Å². The average molecular weight is 491 g/mol. The molecule has 0 rings (SSSR count). The lowest BCUT2D eigenvalue weighted by molar-refractivity contribution is -0.515. The van der Waals surface area contributed by atoms with Crippen molar-refractivity contribution in [1.82, 2.24) is 0 Å². The Morgan fingerprint density at radius 3 is 1.41 bits per heavy atom. The molecule has 1 atom stereocenters. The minimum atomic E-state index is -7.68. The van der Waals surface area contributed by atoms with E-state index in [1.165, 1.54) is 4.74 Å². The lowest BCUT2D eigenvalue weighted by Crippen LogP contribution is -2.65. The second-order valence-corrected chi connectivity index (χ2v) is 6.50. The van der Waals surface area contributed by atoms with Crippen LogP contribution in [0.4, 0.5) is 61.5 Å². The van der Waals surface area contributed by atoms with Crippen LogP contribution in [0.1, 0.15) is 6.92 Å². The van der Waals surface area contributed by atoms with E-state index in [4.69, 9.17) is 0 Å². The van der Waals surface area contributed by atoms with Crippen molar-refractivity contribution in [3.63, 3.8) is 0 Å². The van der Waals surface area contributed by atoms with Crippen LogP contribution in [-0.4, -0.2) is 60.9 Å². The predicted octanol–water partition coefficient (Wildman–Crippen LogP) is 3.86. The number of hydrogen-bond donors (Lipinski definition) is 0. The Hall–Kier alpha value is -1.15. The van der Waals surface area contributed by atoms with Gasteiger partial charge in [-0.2, -0.15) is 52.7 Å². The minimum Gasteiger partial charge on any atom is -0.743 e. The topological polar surface area (TPSA) is 75.7 Å². The fourth-order valence-electron chi connectivity index (χ4n) is 1.06. The minimum absolute atomic E-state index is 0.675. The van der Waals surface area contributed by atoms with Crippen LogP contribution in [0.3, 0.4) is 0 Å². The fraction of sp³-hybridized carbons (Fsp3) is 1.00. The van der Waals surface area contributed by atoms with Crippen molar-refractivity contribution >= 4 is 10.1 Å².